The molecule has 1 unspecified atom stereocenters. The molecule has 43 heavy (non-hydrogen) atoms. The van der Waals surface area contributed by atoms with Gasteiger partial charge in [-0.2, -0.15) is 0 Å². The molecule has 6 rings (SSSR count). The fraction of sp³-hybridized carbons (Fsp3) is 0.743. The number of carboxylic acids is 1. The summed E-state index contributed by atoms with van der Waals surface area (Å²) in [6, 6.07) is 10.4. The summed E-state index contributed by atoms with van der Waals surface area (Å²) in [5, 5.41) is 16.2. The lowest BCUT2D eigenvalue weighted by molar-refractivity contribution is -0.140. The predicted octanol–water partition coefficient (Wildman–Crippen LogP) is 8.33. The maximum Gasteiger partial charge on any atom is 0.316 e. The number of benzene rings is 1. The van der Waals surface area contributed by atoms with Gasteiger partial charge in [0.25, 0.3) is 0 Å². The van der Waals surface area contributed by atoms with E-state index in [1.54, 1.807) is 24.3 Å². The molecule has 1 aromatic heterocycles. The summed E-state index contributed by atoms with van der Waals surface area (Å²) in [4.78, 5) is 26.0. The van der Waals surface area contributed by atoms with E-state index in [1.165, 1.54) is 128 Å². The van der Waals surface area contributed by atoms with Crippen molar-refractivity contribution in [1.29, 1.82) is 0 Å². The fourth-order valence-electron chi connectivity index (χ4n) is 7.24. The molecule has 0 aliphatic heterocycles. The van der Waals surface area contributed by atoms with Gasteiger partial charge in [-0.1, -0.05) is 89.2 Å². The highest BCUT2D eigenvalue weighted by Crippen LogP contribution is 2.26. The monoisotopic (exact) mass is 613 g/mol. The van der Waals surface area contributed by atoms with Gasteiger partial charge in [-0.25, -0.2) is 4.98 Å². The minimum absolute atomic E-state index is 0.0288. The largest absolute Gasteiger partial charge is 0.481 e. The number of nitrogens with zero attached hydrogens (tertiary/aromatic N) is 1. The number of aromatic nitrogens is 1. The molecule has 2 aromatic rings. The third kappa shape index (κ3) is 12.2. The van der Waals surface area contributed by atoms with Crippen molar-refractivity contribution in [3.05, 3.63) is 30.2 Å². The van der Waals surface area contributed by atoms with Crippen molar-refractivity contribution in [2.45, 2.75) is 165 Å². The van der Waals surface area contributed by atoms with Crippen LogP contribution in [0.25, 0.3) is 11.1 Å². The molecule has 0 bridgehead atoms. The number of para-hydroxylation sites is 2. The van der Waals surface area contributed by atoms with Crippen LogP contribution in [-0.4, -0.2) is 45.3 Å². The Balaban J connectivity index is 0.000000150. The number of carbonyl (C=O) groups is 2. The summed E-state index contributed by atoms with van der Waals surface area (Å²) in [6.07, 6.45) is 28.9. The van der Waals surface area contributed by atoms with Crippen molar-refractivity contribution in [1.82, 2.24) is 15.6 Å². The van der Waals surface area contributed by atoms with E-state index in [1.807, 2.05) is 0 Å². The Morgan fingerprint density at radius 2 is 1.12 bits per heavy atom. The standard InChI is InChI=1S/2C12H23N.C11H9NO4S/c2*1-3-7-11(8-4-1)13-12-9-5-2-6-10-12;13-9(17)5-6(11(14)15)10-12-7-3-1-2-4-8(7)16-10/h2*11-13H,1-10H2;1-4,6H,5H2,(H,13,17)(H,14,15). The normalized spacial score (nSPS) is 21.7. The third-order valence-corrected chi connectivity index (χ3v) is 9.83. The average Bonchev–Trinajstić information content (AvgIpc) is 3.46. The van der Waals surface area contributed by atoms with E-state index in [2.05, 4.69) is 28.2 Å². The summed E-state index contributed by atoms with van der Waals surface area (Å²) >= 11 is 3.57. The van der Waals surface area contributed by atoms with Crippen LogP contribution in [0.3, 0.4) is 0 Å². The zero-order valence-electron chi connectivity index (χ0n) is 26.1. The molecular weight excluding hydrogens is 558 g/mol. The van der Waals surface area contributed by atoms with Crippen molar-refractivity contribution in [3.8, 4) is 0 Å². The van der Waals surface area contributed by atoms with Crippen LogP contribution in [-0.2, 0) is 9.59 Å². The topological polar surface area (TPSA) is 104 Å². The van der Waals surface area contributed by atoms with Gasteiger partial charge in [0.15, 0.2) is 10.7 Å². The number of hydrogen-bond donors (Lipinski definition) is 4. The molecule has 0 radical (unpaired) electrons. The first-order valence-electron chi connectivity index (χ1n) is 17.3. The lowest BCUT2D eigenvalue weighted by atomic mass is 9.91. The molecule has 0 amide bonds. The van der Waals surface area contributed by atoms with Gasteiger partial charge in [0, 0.05) is 30.6 Å². The van der Waals surface area contributed by atoms with Gasteiger partial charge in [-0.3, -0.25) is 9.59 Å². The molecule has 4 aliphatic carbocycles. The Hall–Kier alpha value is -1.90. The molecule has 1 aromatic carbocycles. The van der Waals surface area contributed by atoms with E-state index in [0.717, 1.165) is 24.2 Å². The lowest BCUT2D eigenvalue weighted by Gasteiger charge is -2.30. The zero-order valence-corrected chi connectivity index (χ0v) is 27.0. The Kier molecular flexibility index (Phi) is 14.9. The Morgan fingerprint density at radius 3 is 1.47 bits per heavy atom. The van der Waals surface area contributed by atoms with Crippen LogP contribution in [0.2, 0.25) is 0 Å². The number of fused-ring (bicyclic) bond motifs is 1. The Labute approximate surface area is 264 Å². The number of rotatable bonds is 8. The van der Waals surface area contributed by atoms with Gasteiger partial charge < -0.3 is 20.2 Å². The molecule has 8 heteroatoms. The molecule has 4 saturated carbocycles. The maximum absolute atomic E-state index is 11.0. The highest BCUT2D eigenvalue weighted by molar-refractivity contribution is 7.96. The smallest absolute Gasteiger partial charge is 0.316 e. The number of thiol groups is 1. The first-order valence-corrected chi connectivity index (χ1v) is 17.7. The number of hydrogen-bond acceptors (Lipinski definition) is 6. The average molecular weight is 614 g/mol. The van der Waals surface area contributed by atoms with Crippen molar-refractivity contribution >= 4 is 34.8 Å². The van der Waals surface area contributed by atoms with E-state index in [0.29, 0.717) is 11.1 Å². The van der Waals surface area contributed by atoms with Crippen LogP contribution in [0.4, 0.5) is 0 Å². The molecule has 0 saturated heterocycles. The second kappa shape index (κ2) is 18.8. The Morgan fingerprint density at radius 1 is 0.721 bits per heavy atom. The van der Waals surface area contributed by atoms with E-state index < -0.39 is 17.0 Å². The van der Waals surface area contributed by atoms with Gasteiger partial charge in [0.1, 0.15) is 11.4 Å². The number of carboxylic acid groups (broad SMARTS) is 1. The van der Waals surface area contributed by atoms with E-state index in [-0.39, 0.29) is 12.3 Å². The fourth-order valence-corrected chi connectivity index (χ4v) is 7.42. The predicted molar refractivity (Wildman–Crippen MR) is 177 cm³/mol. The minimum Gasteiger partial charge on any atom is -0.481 e. The van der Waals surface area contributed by atoms with Gasteiger partial charge in [0.2, 0.25) is 5.89 Å². The summed E-state index contributed by atoms with van der Waals surface area (Å²) in [5.41, 5.74) is 1.07. The highest BCUT2D eigenvalue weighted by Gasteiger charge is 2.27. The van der Waals surface area contributed by atoms with Crippen molar-refractivity contribution in [2.24, 2.45) is 0 Å². The molecule has 7 nitrogen and oxygen atoms in total. The van der Waals surface area contributed by atoms with Crippen molar-refractivity contribution in [3.63, 3.8) is 0 Å². The van der Waals surface area contributed by atoms with Crippen molar-refractivity contribution in [2.75, 3.05) is 0 Å². The molecule has 1 atom stereocenters. The molecule has 3 N–H and O–H groups in total. The highest BCUT2D eigenvalue weighted by atomic mass is 32.1. The van der Waals surface area contributed by atoms with Crippen LogP contribution in [0.5, 0.6) is 0 Å². The summed E-state index contributed by atoms with van der Waals surface area (Å²) in [7, 11) is 0. The maximum atomic E-state index is 11.0. The number of aliphatic carboxylic acids is 1. The molecule has 4 fully saturated rings. The van der Waals surface area contributed by atoms with Crippen LogP contribution < -0.4 is 10.6 Å². The molecular formula is C35H55N3O4S. The van der Waals surface area contributed by atoms with Crippen LogP contribution in [0, 0.1) is 0 Å². The molecule has 240 valence electrons. The molecule has 1 heterocycles. The second-order valence-corrected chi connectivity index (χ2v) is 13.7. The SMILES string of the molecule is C1CCC(NC2CCCCC2)CC1.C1CCC(NC2CCCCC2)CC1.O=C(S)CC(C(=O)O)c1nc2ccccc2o1. The van der Waals surface area contributed by atoms with Gasteiger partial charge in [0.05, 0.1) is 0 Å². The summed E-state index contributed by atoms with van der Waals surface area (Å²) in [5.74, 6) is -2.22. The zero-order chi connectivity index (χ0) is 30.3. The van der Waals surface area contributed by atoms with Crippen LogP contribution in [0.1, 0.15) is 147 Å². The number of nitrogens with one attached hydrogen (secondary N) is 2. The second-order valence-electron chi connectivity index (χ2n) is 13.2. The summed E-state index contributed by atoms with van der Waals surface area (Å²) < 4.78 is 5.31. The molecule has 0 spiro atoms. The lowest BCUT2D eigenvalue weighted by Crippen LogP contribution is -2.40. The number of carbonyl (C=O) groups excluding carboxylic acids is 1. The first kappa shape index (κ1) is 34.0. The quantitative estimate of drug-likeness (QED) is 0.222. The number of oxazole rings is 1. The first-order chi connectivity index (χ1) is 21.0. The van der Waals surface area contributed by atoms with Gasteiger partial charge in [-0.15, -0.1) is 12.6 Å². The van der Waals surface area contributed by atoms with Gasteiger partial charge >= 0.3 is 5.97 Å². The van der Waals surface area contributed by atoms with Crippen LogP contribution in [0.15, 0.2) is 28.7 Å². The van der Waals surface area contributed by atoms with Crippen molar-refractivity contribution < 1.29 is 19.1 Å². The summed E-state index contributed by atoms with van der Waals surface area (Å²) in [6.45, 7) is 0. The van der Waals surface area contributed by atoms with Gasteiger partial charge in [-0.05, 0) is 63.5 Å². The van der Waals surface area contributed by atoms with E-state index in [9.17, 15) is 9.59 Å². The molecule has 4 aliphatic rings. The van der Waals surface area contributed by atoms with E-state index in [4.69, 9.17) is 9.52 Å². The minimum atomic E-state index is -1.15. The third-order valence-electron chi connectivity index (χ3n) is 9.65. The van der Waals surface area contributed by atoms with Crippen LogP contribution >= 0.6 is 12.6 Å². The van der Waals surface area contributed by atoms with E-state index >= 15 is 0 Å². The Bertz CT molecular complexity index is 985.